The second kappa shape index (κ2) is 9.28. The number of amides is 2. The third-order valence-corrected chi connectivity index (χ3v) is 8.99. The molecule has 0 N–H and O–H groups in total. The lowest BCUT2D eigenvalue weighted by Gasteiger charge is -2.33. The number of hydrogen-bond acceptors (Lipinski definition) is 4. The molecule has 3 fully saturated rings. The summed E-state index contributed by atoms with van der Waals surface area (Å²) in [6, 6.07) is 6.40. The van der Waals surface area contributed by atoms with Crippen molar-refractivity contribution < 1.29 is 18.0 Å². The van der Waals surface area contributed by atoms with E-state index < -0.39 is 10.0 Å². The number of nitrogens with zero attached hydrogens (tertiary/aromatic N) is 3. The van der Waals surface area contributed by atoms with Crippen LogP contribution in [-0.4, -0.2) is 73.1 Å². The van der Waals surface area contributed by atoms with Crippen LogP contribution in [0.15, 0.2) is 29.2 Å². The first-order valence-electron chi connectivity index (χ1n) is 11.6. The van der Waals surface area contributed by atoms with Crippen molar-refractivity contribution in [3.8, 4) is 0 Å². The van der Waals surface area contributed by atoms with Gasteiger partial charge in [0, 0.05) is 50.2 Å². The standard InChI is InChI=1S/C23H33N3O4S/c1-18-7-2-3-14-26(18)31(29,30)21-9-6-8-20(17-21)23(28)25-15-10-19(11-16-25)22(27)24-12-4-5-13-24/h6,8-9,17-19H,2-5,7,10-16H2,1H3. The Morgan fingerprint density at radius 1 is 0.871 bits per heavy atom. The van der Waals surface area contributed by atoms with Crippen molar-refractivity contribution in [2.45, 2.75) is 62.8 Å². The van der Waals surface area contributed by atoms with E-state index in [4.69, 9.17) is 0 Å². The highest BCUT2D eigenvalue weighted by Crippen LogP contribution is 2.27. The summed E-state index contributed by atoms with van der Waals surface area (Å²) in [5.74, 6) is 0.0682. The summed E-state index contributed by atoms with van der Waals surface area (Å²) in [5.41, 5.74) is 0.398. The molecule has 0 saturated carbocycles. The van der Waals surface area contributed by atoms with E-state index in [1.807, 2.05) is 11.8 Å². The summed E-state index contributed by atoms with van der Waals surface area (Å²) in [6.07, 6.45) is 6.28. The normalized spacial score (nSPS) is 23.8. The molecule has 0 bridgehead atoms. The number of piperidine rings is 2. The number of hydrogen-bond donors (Lipinski definition) is 0. The zero-order chi connectivity index (χ0) is 22.0. The Morgan fingerprint density at radius 3 is 2.23 bits per heavy atom. The number of carbonyl (C=O) groups excluding carboxylic acids is 2. The second-order valence-electron chi connectivity index (χ2n) is 9.09. The van der Waals surface area contributed by atoms with E-state index in [0.29, 0.717) is 38.0 Å². The predicted molar refractivity (Wildman–Crippen MR) is 118 cm³/mol. The van der Waals surface area contributed by atoms with Crippen LogP contribution in [0.2, 0.25) is 0 Å². The van der Waals surface area contributed by atoms with Gasteiger partial charge in [0.25, 0.3) is 5.91 Å². The minimum Gasteiger partial charge on any atom is -0.342 e. The maximum atomic E-state index is 13.2. The molecule has 3 heterocycles. The van der Waals surface area contributed by atoms with Gasteiger partial charge in [0.15, 0.2) is 0 Å². The molecule has 8 heteroatoms. The van der Waals surface area contributed by atoms with E-state index in [0.717, 1.165) is 45.2 Å². The molecule has 1 aromatic carbocycles. The summed E-state index contributed by atoms with van der Waals surface area (Å²) >= 11 is 0. The van der Waals surface area contributed by atoms with Crippen molar-refractivity contribution in [1.82, 2.24) is 14.1 Å². The molecule has 170 valence electrons. The first-order chi connectivity index (χ1) is 14.9. The molecule has 0 radical (unpaired) electrons. The Hall–Kier alpha value is -1.93. The SMILES string of the molecule is CC1CCCCN1S(=O)(=O)c1cccc(C(=O)N2CCC(C(=O)N3CCCC3)CC2)c1. The maximum absolute atomic E-state index is 13.2. The van der Waals surface area contributed by atoms with Gasteiger partial charge in [-0.25, -0.2) is 8.42 Å². The number of sulfonamides is 1. The fraction of sp³-hybridized carbons (Fsp3) is 0.652. The van der Waals surface area contributed by atoms with Gasteiger partial charge in [-0.1, -0.05) is 12.5 Å². The van der Waals surface area contributed by atoms with Gasteiger partial charge in [-0.05, 0) is 63.6 Å². The average molecular weight is 448 g/mol. The average Bonchev–Trinajstić information content (AvgIpc) is 3.33. The van der Waals surface area contributed by atoms with Crippen molar-refractivity contribution in [2.75, 3.05) is 32.7 Å². The Balaban J connectivity index is 1.42. The van der Waals surface area contributed by atoms with E-state index >= 15 is 0 Å². The molecule has 3 aliphatic rings. The van der Waals surface area contributed by atoms with E-state index in [1.54, 1.807) is 27.4 Å². The monoisotopic (exact) mass is 447 g/mol. The first kappa shape index (κ1) is 22.3. The van der Waals surface area contributed by atoms with Crippen LogP contribution in [0.5, 0.6) is 0 Å². The molecule has 0 aliphatic carbocycles. The number of benzene rings is 1. The van der Waals surface area contributed by atoms with Crippen LogP contribution in [-0.2, 0) is 14.8 Å². The van der Waals surface area contributed by atoms with Gasteiger partial charge in [-0.2, -0.15) is 4.31 Å². The molecule has 0 aromatic heterocycles. The predicted octanol–water partition coefficient (Wildman–Crippen LogP) is 2.72. The Bertz CT molecular complexity index is 919. The lowest BCUT2D eigenvalue weighted by atomic mass is 9.95. The van der Waals surface area contributed by atoms with Crippen molar-refractivity contribution >= 4 is 21.8 Å². The summed E-state index contributed by atoms with van der Waals surface area (Å²) in [7, 11) is -3.62. The minimum atomic E-state index is -3.62. The summed E-state index contributed by atoms with van der Waals surface area (Å²) < 4.78 is 27.9. The molecule has 1 unspecified atom stereocenters. The van der Waals surface area contributed by atoms with Crippen molar-refractivity contribution in [3.05, 3.63) is 29.8 Å². The fourth-order valence-corrected chi connectivity index (χ4v) is 6.81. The topological polar surface area (TPSA) is 78.0 Å². The van der Waals surface area contributed by atoms with Gasteiger partial charge >= 0.3 is 0 Å². The molecule has 1 atom stereocenters. The number of rotatable bonds is 4. The fourth-order valence-electron chi connectivity index (χ4n) is 5.06. The molecule has 4 rings (SSSR count). The molecular weight excluding hydrogens is 414 g/mol. The van der Waals surface area contributed by atoms with Crippen LogP contribution in [0.25, 0.3) is 0 Å². The molecule has 1 aromatic rings. The summed E-state index contributed by atoms with van der Waals surface area (Å²) in [4.78, 5) is 29.6. The van der Waals surface area contributed by atoms with Gasteiger partial charge in [0.2, 0.25) is 15.9 Å². The molecular formula is C23H33N3O4S. The van der Waals surface area contributed by atoms with Gasteiger partial charge in [0.1, 0.15) is 0 Å². The molecule has 31 heavy (non-hydrogen) atoms. The first-order valence-corrected chi connectivity index (χ1v) is 13.0. The highest BCUT2D eigenvalue weighted by molar-refractivity contribution is 7.89. The van der Waals surface area contributed by atoms with Crippen LogP contribution in [0.4, 0.5) is 0 Å². The zero-order valence-corrected chi connectivity index (χ0v) is 19.1. The van der Waals surface area contributed by atoms with Crippen molar-refractivity contribution in [1.29, 1.82) is 0 Å². The van der Waals surface area contributed by atoms with Crippen molar-refractivity contribution in [3.63, 3.8) is 0 Å². The Morgan fingerprint density at radius 2 is 1.55 bits per heavy atom. The molecule has 7 nitrogen and oxygen atoms in total. The summed E-state index contributed by atoms with van der Waals surface area (Å²) in [6.45, 7) is 5.25. The third kappa shape index (κ3) is 4.65. The third-order valence-electron chi connectivity index (χ3n) is 6.98. The summed E-state index contributed by atoms with van der Waals surface area (Å²) in [5, 5.41) is 0. The second-order valence-corrected chi connectivity index (χ2v) is 11.0. The lowest BCUT2D eigenvalue weighted by molar-refractivity contribution is -0.135. The Kier molecular flexibility index (Phi) is 6.67. The quantitative estimate of drug-likeness (QED) is 0.711. The largest absolute Gasteiger partial charge is 0.342 e. The van der Waals surface area contributed by atoms with Gasteiger partial charge in [-0.15, -0.1) is 0 Å². The van der Waals surface area contributed by atoms with Crippen LogP contribution < -0.4 is 0 Å². The van der Waals surface area contributed by atoms with Gasteiger partial charge in [-0.3, -0.25) is 9.59 Å². The molecule has 3 saturated heterocycles. The zero-order valence-electron chi connectivity index (χ0n) is 18.3. The van der Waals surface area contributed by atoms with E-state index in [2.05, 4.69) is 0 Å². The van der Waals surface area contributed by atoms with Crippen LogP contribution in [0.1, 0.15) is 62.2 Å². The van der Waals surface area contributed by atoms with E-state index in [9.17, 15) is 18.0 Å². The molecule has 3 aliphatic heterocycles. The van der Waals surface area contributed by atoms with Crippen LogP contribution >= 0.6 is 0 Å². The highest BCUT2D eigenvalue weighted by atomic mass is 32.2. The van der Waals surface area contributed by atoms with E-state index in [1.165, 1.54) is 6.07 Å². The molecule has 0 spiro atoms. The number of carbonyl (C=O) groups is 2. The van der Waals surface area contributed by atoms with Crippen LogP contribution in [0, 0.1) is 5.92 Å². The number of likely N-dealkylation sites (tertiary alicyclic amines) is 2. The van der Waals surface area contributed by atoms with Gasteiger partial charge in [0.05, 0.1) is 4.90 Å². The minimum absolute atomic E-state index is 0.00514. The van der Waals surface area contributed by atoms with Crippen LogP contribution in [0.3, 0.4) is 0 Å². The van der Waals surface area contributed by atoms with Gasteiger partial charge < -0.3 is 9.80 Å². The Labute approximate surface area is 185 Å². The smallest absolute Gasteiger partial charge is 0.253 e. The maximum Gasteiger partial charge on any atom is 0.253 e. The molecule has 2 amide bonds. The lowest BCUT2D eigenvalue weighted by Crippen LogP contribution is -2.44. The highest BCUT2D eigenvalue weighted by Gasteiger charge is 2.33. The van der Waals surface area contributed by atoms with Crippen molar-refractivity contribution in [2.24, 2.45) is 5.92 Å². The van der Waals surface area contributed by atoms with E-state index in [-0.39, 0.29) is 28.7 Å².